The van der Waals surface area contributed by atoms with Crippen LogP contribution >= 0.6 is 0 Å². The van der Waals surface area contributed by atoms with Gasteiger partial charge in [0.05, 0.1) is 24.5 Å². The van der Waals surface area contributed by atoms with Crippen LogP contribution in [0.3, 0.4) is 0 Å². The Hall–Kier alpha value is -3.73. The number of halogens is 3. The molecule has 1 atom stereocenters. The summed E-state index contributed by atoms with van der Waals surface area (Å²) in [4.78, 5) is 33.2. The van der Waals surface area contributed by atoms with Gasteiger partial charge in [0, 0.05) is 56.4 Å². The van der Waals surface area contributed by atoms with Gasteiger partial charge in [-0.15, -0.1) is 0 Å². The van der Waals surface area contributed by atoms with Crippen LogP contribution in [-0.4, -0.2) is 62.1 Å². The van der Waals surface area contributed by atoms with E-state index in [1.807, 2.05) is 6.07 Å². The fourth-order valence-corrected chi connectivity index (χ4v) is 3.85. The van der Waals surface area contributed by atoms with Gasteiger partial charge in [0.15, 0.2) is 0 Å². The topological polar surface area (TPSA) is 80.6 Å². The van der Waals surface area contributed by atoms with E-state index in [9.17, 15) is 22.8 Å². The number of rotatable bonds is 6. The van der Waals surface area contributed by atoms with Gasteiger partial charge >= 0.3 is 6.18 Å². The molecule has 3 heterocycles. The lowest BCUT2D eigenvalue weighted by Crippen LogP contribution is -2.39. The van der Waals surface area contributed by atoms with Crippen molar-refractivity contribution < 1.29 is 27.5 Å². The molecule has 0 aliphatic carbocycles. The molecule has 11 heteroatoms. The van der Waals surface area contributed by atoms with Crippen LogP contribution < -0.4 is 0 Å². The third-order valence-corrected chi connectivity index (χ3v) is 5.61. The van der Waals surface area contributed by atoms with E-state index in [2.05, 4.69) is 10.1 Å². The number of pyridine rings is 1. The van der Waals surface area contributed by atoms with Crippen LogP contribution in [0.1, 0.15) is 27.0 Å². The van der Waals surface area contributed by atoms with Crippen LogP contribution in [0.2, 0.25) is 0 Å². The third kappa shape index (κ3) is 6.24. The number of amides is 2. The minimum Gasteiger partial charge on any atom is -0.370 e. The highest BCUT2D eigenvalue weighted by Gasteiger charge is 2.33. The summed E-state index contributed by atoms with van der Waals surface area (Å²) in [6.07, 6.45) is 1.76. The lowest BCUT2D eigenvalue weighted by atomic mass is 10.1. The summed E-state index contributed by atoms with van der Waals surface area (Å²) in [5.41, 5.74) is 0.885. The van der Waals surface area contributed by atoms with Crippen molar-refractivity contribution >= 4 is 11.8 Å². The quantitative estimate of drug-likeness (QED) is 0.534. The van der Waals surface area contributed by atoms with Crippen LogP contribution in [-0.2, 0) is 35.9 Å². The molecule has 1 saturated heterocycles. The smallest absolute Gasteiger partial charge is 0.370 e. The SMILES string of the molecule is Cn1cc(CN2CC(OCc3cccnc3)CN(C(=O)c3ccc(C(F)(F)F)cc3)CC2=O)cn1. The van der Waals surface area contributed by atoms with Crippen molar-refractivity contribution in [2.24, 2.45) is 7.05 Å². The summed E-state index contributed by atoms with van der Waals surface area (Å²) in [5.74, 6) is -0.827. The van der Waals surface area contributed by atoms with Gasteiger partial charge in [-0.25, -0.2) is 0 Å². The molecule has 0 bridgehead atoms. The minimum atomic E-state index is -4.50. The van der Waals surface area contributed by atoms with E-state index >= 15 is 0 Å². The maximum absolute atomic E-state index is 13.1. The molecule has 0 radical (unpaired) electrons. The fourth-order valence-electron chi connectivity index (χ4n) is 3.85. The molecule has 1 unspecified atom stereocenters. The number of aryl methyl sites for hydroxylation is 1. The Morgan fingerprint density at radius 2 is 1.89 bits per heavy atom. The molecule has 1 aliphatic heterocycles. The van der Waals surface area contributed by atoms with Gasteiger partial charge in [0.1, 0.15) is 6.54 Å². The second kappa shape index (κ2) is 10.3. The van der Waals surface area contributed by atoms with Gasteiger partial charge < -0.3 is 14.5 Å². The number of carbonyl (C=O) groups is 2. The Morgan fingerprint density at radius 3 is 2.51 bits per heavy atom. The van der Waals surface area contributed by atoms with Crippen molar-refractivity contribution in [3.05, 3.63) is 83.4 Å². The predicted octanol–water partition coefficient (Wildman–Crippen LogP) is 2.90. The number of carbonyl (C=O) groups excluding carboxylic acids is 2. The summed E-state index contributed by atoms with van der Waals surface area (Å²) in [6.45, 7) is 0.657. The number of benzene rings is 1. The Bertz CT molecular complexity index is 1170. The molecule has 2 amide bonds. The zero-order valence-electron chi connectivity index (χ0n) is 19.0. The van der Waals surface area contributed by atoms with Gasteiger partial charge in [0.2, 0.25) is 5.91 Å². The number of alkyl halides is 3. The molecule has 0 N–H and O–H groups in total. The largest absolute Gasteiger partial charge is 0.416 e. The van der Waals surface area contributed by atoms with Crippen molar-refractivity contribution in [2.75, 3.05) is 19.6 Å². The maximum Gasteiger partial charge on any atom is 0.416 e. The monoisotopic (exact) mass is 487 g/mol. The van der Waals surface area contributed by atoms with E-state index < -0.39 is 23.8 Å². The van der Waals surface area contributed by atoms with Gasteiger partial charge in [-0.1, -0.05) is 6.07 Å². The van der Waals surface area contributed by atoms with Crippen molar-refractivity contribution in [3.63, 3.8) is 0 Å². The molecule has 3 aromatic rings. The number of aromatic nitrogens is 3. The molecule has 0 saturated carbocycles. The van der Waals surface area contributed by atoms with Crippen molar-refractivity contribution in [1.82, 2.24) is 24.6 Å². The first-order valence-electron chi connectivity index (χ1n) is 10.9. The maximum atomic E-state index is 13.1. The van der Waals surface area contributed by atoms with Crippen LogP contribution in [0.15, 0.2) is 61.2 Å². The van der Waals surface area contributed by atoms with E-state index in [1.54, 1.807) is 47.5 Å². The molecule has 184 valence electrons. The average molecular weight is 487 g/mol. The van der Waals surface area contributed by atoms with Gasteiger partial charge in [-0.3, -0.25) is 19.3 Å². The lowest BCUT2D eigenvalue weighted by molar-refractivity contribution is -0.137. The van der Waals surface area contributed by atoms with E-state index in [-0.39, 0.29) is 37.7 Å². The zero-order valence-corrected chi connectivity index (χ0v) is 19.0. The first-order chi connectivity index (χ1) is 16.7. The number of nitrogens with zero attached hydrogens (tertiary/aromatic N) is 5. The predicted molar refractivity (Wildman–Crippen MR) is 119 cm³/mol. The third-order valence-electron chi connectivity index (χ3n) is 5.61. The molecule has 35 heavy (non-hydrogen) atoms. The highest BCUT2D eigenvalue weighted by molar-refractivity contribution is 5.96. The summed E-state index contributed by atoms with van der Waals surface area (Å²) in [5, 5.41) is 4.13. The van der Waals surface area contributed by atoms with Crippen LogP contribution in [0.25, 0.3) is 0 Å². The zero-order chi connectivity index (χ0) is 25.0. The first-order valence-corrected chi connectivity index (χ1v) is 10.9. The summed E-state index contributed by atoms with van der Waals surface area (Å²) < 4.78 is 46.4. The Balaban J connectivity index is 1.53. The van der Waals surface area contributed by atoms with Crippen LogP contribution in [0, 0.1) is 0 Å². The van der Waals surface area contributed by atoms with Crippen LogP contribution in [0.5, 0.6) is 0 Å². The average Bonchev–Trinajstić information content (AvgIpc) is 3.18. The molecular formula is C24H24F3N5O3. The van der Waals surface area contributed by atoms with Crippen molar-refractivity contribution in [3.8, 4) is 0 Å². The summed E-state index contributed by atoms with van der Waals surface area (Å²) in [7, 11) is 1.78. The first kappa shape index (κ1) is 24.4. The second-order valence-corrected chi connectivity index (χ2v) is 8.35. The normalized spacial score (nSPS) is 16.9. The molecule has 1 aliphatic rings. The van der Waals surface area contributed by atoms with Gasteiger partial charge in [0.25, 0.3) is 5.91 Å². The lowest BCUT2D eigenvalue weighted by Gasteiger charge is -2.24. The Kier molecular flexibility index (Phi) is 7.15. The van der Waals surface area contributed by atoms with Crippen LogP contribution in [0.4, 0.5) is 13.2 Å². The second-order valence-electron chi connectivity index (χ2n) is 8.35. The molecule has 8 nitrogen and oxygen atoms in total. The number of ether oxygens (including phenoxy) is 1. The molecule has 4 rings (SSSR count). The van der Waals surface area contributed by atoms with Crippen molar-refractivity contribution in [2.45, 2.75) is 25.4 Å². The van der Waals surface area contributed by atoms with E-state index in [1.165, 1.54) is 4.90 Å². The van der Waals surface area contributed by atoms with E-state index in [0.717, 1.165) is 35.4 Å². The molecule has 0 spiro atoms. The molecule has 1 aromatic carbocycles. The van der Waals surface area contributed by atoms with E-state index in [4.69, 9.17) is 4.74 Å². The van der Waals surface area contributed by atoms with E-state index in [0.29, 0.717) is 6.54 Å². The Labute approximate surface area is 199 Å². The summed E-state index contributed by atoms with van der Waals surface area (Å²) >= 11 is 0. The molecule has 1 fully saturated rings. The van der Waals surface area contributed by atoms with Crippen molar-refractivity contribution in [1.29, 1.82) is 0 Å². The molecular weight excluding hydrogens is 463 g/mol. The fraction of sp³-hybridized carbons (Fsp3) is 0.333. The molecule has 2 aromatic heterocycles. The standard InChI is InChI=1S/C24H24F3N5O3/c1-30-11-18(10-29-30)12-31-13-21(35-16-17-3-2-8-28-9-17)14-32(15-22(31)33)23(34)19-4-6-20(7-5-19)24(25,26)27/h2-11,21H,12-16H2,1H3. The number of hydrogen-bond acceptors (Lipinski definition) is 5. The van der Waals surface area contributed by atoms with Gasteiger partial charge in [-0.05, 0) is 35.9 Å². The minimum absolute atomic E-state index is 0.0671. The number of hydrogen-bond donors (Lipinski definition) is 0. The Morgan fingerprint density at radius 1 is 1.11 bits per heavy atom. The highest BCUT2D eigenvalue weighted by Crippen LogP contribution is 2.29. The van der Waals surface area contributed by atoms with Gasteiger partial charge in [-0.2, -0.15) is 18.3 Å². The summed E-state index contributed by atoms with van der Waals surface area (Å²) in [6, 6.07) is 7.60. The highest BCUT2D eigenvalue weighted by atomic mass is 19.4.